The Bertz CT molecular complexity index is 6700. The summed E-state index contributed by atoms with van der Waals surface area (Å²) in [4.78, 5) is 92.9. The Balaban J connectivity index is 0.000000115. The minimum Gasteiger partial charge on any atom is -0.453 e. The topological polar surface area (TPSA) is 672 Å². The summed E-state index contributed by atoms with van der Waals surface area (Å²) in [5, 5.41) is 13.7. The SMILES string of the molecule is C=C(C)C(=O)OC1(C)C2(C)CC3C(O2)C1(C)OS3(=O)=O.C=C(C)C(=O)OC1(C)C2CC3C(O2)C1OS3(=O)=O.C=C(C)C(=O)OC1C2CC3C(C)(O2)C1OS3(=O)=O.C=C(C)C(=O)OC1C2CC3C(O2)C1(C)OS3(=O)=O.C=C(C)C(=O)OC1C2CC3C(O2)C1OS3(=O)=O.C=C(C)C(=O)OC1C2OC3C1OS(=O)(=O)C3C2C.C=C(C)C(=O)OC1C2OS(=O)(=O)C3CC1(C)OC23.C=C(C)C(=O)OC1C2OS(=O)(=O)C3CC1(CO)OC23CO. The zero-order chi connectivity index (χ0) is 110. The molecule has 41 unspecified atom stereocenters. The minimum atomic E-state index is -3.95. The molecule has 148 heavy (non-hydrogen) atoms. The molecule has 24 fully saturated rings. The lowest BCUT2D eigenvalue weighted by Crippen LogP contribution is -2.64. The number of esters is 8. The zero-order valence-electron chi connectivity index (χ0n) is 82.8. The maximum Gasteiger partial charge on any atom is 0.333 e. The minimum absolute atomic E-state index is 0.100. The standard InChI is InChI=1S/C13H18O6S.C12H16O8S.5C11H14O6S.C10H12O6S/c1-7(2)10(14)18-13(5)11(3)6-8-9(17-11)12(13,4)19-20(8,15)16;1-6(2)10(15)18-8-9-12(5-14)7(21(16,17)19-9)3-11(8,4-13)20-12;1-5(2)10(12)15-9-8-7-6(18(13,14)17-8)4-11(9,3)16-7;1-5(2)10(12)15-8-6-4-7-11(3,16-6)9(8)17-18(7,13)14;1-5(2)10(12)16-11(3)7-4-6-8(15-7)9(11)17-18(6,13)14;1-5(2)10(12)16-8-6-4-7-9(15-6)11(8,3)17-18(7,13)14;1-4(2)11(12)16-7-6-5(3)10-9(15-6)8(7)17-18(10,13)14;1-4(2)10(11)15-7-5-3-6-8(14-5)9(7)16-17(6,12)13/h8-9H,1,6H2,2-5H3;7-9,13-14H,1,3-5H2,2H3;4*6-9H,1,4H2,2-3H3;5-10H,1H2,2-3H3;5-9H,1,3H2,2H3. The zero-order valence-corrected chi connectivity index (χ0v) is 89.3. The van der Waals surface area contributed by atoms with E-state index in [2.05, 4.69) is 52.6 Å². The van der Waals surface area contributed by atoms with Crippen LogP contribution in [0.15, 0.2) is 97.2 Å². The van der Waals surface area contributed by atoms with Crippen molar-refractivity contribution in [3.63, 3.8) is 0 Å². The van der Waals surface area contributed by atoms with Crippen LogP contribution in [0.25, 0.3) is 0 Å². The number of fused-ring (bicyclic) bond motifs is 8. The molecule has 0 aromatic rings. The molecule has 0 aromatic carbocycles. The number of aliphatic hydroxyl groups is 2. The van der Waals surface area contributed by atoms with Crippen molar-refractivity contribution in [3.8, 4) is 0 Å². The molecule has 824 valence electrons. The summed E-state index contributed by atoms with van der Waals surface area (Å²) >= 11 is 0. The smallest absolute Gasteiger partial charge is 0.333 e. The first-order valence-corrected chi connectivity index (χ1v) is 58.7. The maximum atomic E-state index is 12.1. The van der Waals surface area contributed by atoms with Crippen molar-refractivity contribution < 1.29 is 225 Å². The molecule has 0 aliphatic carbocycles. The monoisotopic (exact) mass is 2250 g/mol. The summed E-state index contributed by atoms with van der Waals surface area (Å²) in [6.45, 7) is 52.6. The molecule has 24 aliphatic heterocycles. The highest BCUT2D eigenvalue weighted by Crippen LogP contribution is 2.67. The van der Waals surface area contributed by atoms with Crippen molar-refractivity contribution in [3.05, 3.63) is 97.2 Å². The fourth-order valence-corrected chi connectivity index (χ4v) is 39.1. The van der Waals surface area contributed by atoms with Gasteiger partial charge in [-0.25, -0.2) is 38.4 Å². The molecule has 24 heterocycles. The fourth-order valence-electron chi connectivity index (χ4n) is 24.4. The summed E-state index contributed by atoms with van der Waals surface area (Å²) in [6, 6.07) is 0. The van der Waals surface area contributed by atoms with Crippen LogP contribution in [0.1, 0.15) is 156 Å². The molecule has 58 heteroatoms. The van der Waals surface area contributed by atoms with Gasteiger partial charge in [0.15, 0.2) is 59.0 Å². The Kier molecular flexibility index (Phi) is 27.4. The van der Waals surface area contributed by atoms with Crippen molar-refractivity contribution in [2.24, 2.45) is 5.92 Å². The molecule has 41 atom stereocenters. The van der Waals surface area contributed by atoms with Crippen LogP contribution < -0.4 is 0 Å². The first-order valence-electron chi connectivity index (χ1n) is 46.9. The van der Waals surface area contributed by atoms with Crippen molar-refractivity contribution >= 4 is 129 Å². The normalized spacial score (nSPS) is 47.3. The molecule has 24 saturated heterocycles. The van der Waals surface area contributed by atoms with Crippen LogP contribution in [-0.4, -0.2) is 371 Å². The van der Waals surface area contributed by atoms with E-state index in [1.165, 1.54) is 48.5 Å². The third kappa shape index (κ3) is 17.2. The van der Waals surface area contributed by atoms with Crippen molar-refractivity contribution in [1.29, 1.82) is 0 Å². The van der Waals surface area contributed by atoms with Crippen LogP contribution in [-0.2, 0) is 229 Å². The lowest BCUT2D eigenvalue weighted by molar-refractivity contribution is -0.189. The van der Waals surface area contributed by atoms with Gasteiger partial charge < -0.3 is 86.0 Å². The van der Waals surface area contributed by atoms with E-state index in [4.69, 9.17) is 109 Å². The molecule has 16 bridgehead atoms. The van der Waals surface area contributed by atoms with E-state index in [1.807, 2.05) is 0 Å². The van der Waals surface area contributed by atoms with E-state index in [0.717, 1.165) is 0 Å². The number of carbonyl (C=O) groups excluding carboxylic acids is 8. The van der Waals surface area contributed by atoms with Gasteiger partial charge in [-0.05, 0) is 130 Å². The van der Waals surface area contributed by atoms with Gasteiger partial charge in [0, 0.05) is 69.8 Å². The fraction of sp³-hybridized carbons (Fsp3) is 0.733. The molecule has 0 amide bonds. The van der Waals surface area contributed by atoms with E-state index >= 15 is 0 Å². The quantitative estimate of drug-likeness (QED) is 0.0766. The van der Waals surface area contributed by atoms with Gasteiger partial charge in [0.2, 0.25) is 0 Å². The van der Waals surface area contributed by atoms with Crippen LogP contribution in [0.3, 0.4) is 0 Å². The summed E-state index contributed by atoms with van der Waals surface area (Å²) in [5.74, 6) is -4.85. The van der Waals surface area contributed by atoms with Crippen LogP contribution >= 0.6 is 0 Å². The molecule has 24 rings (SSSR count). The van der Waals surface area contributed by atoms with Crippen LogP contribution in [0.5, 0.6) is 0 Å². The molecule has 0 radical (unpaired) electrons. The first kappa shape index (κ1) is 112. The summed E-state index contributed by atoms with van der Waals surface area (Å²) in [5.41, 5.74) is -8.02. The van der Waals surface area contributed by atoms with Gasteiger partial charge in [-0.15, -0.1) is 0 Å². The number of rotatable bonds is 18. The van der Waals surface area contributed by atoms with E-state index in [9.17, 15) is 116 Å². The number of hydrogen-bond acceptors (Lipinski definition) is 50. The van der Waals surface area contributed by atoms with E-state index in [0.29, 0.717) is 32.1 Å². The van der Waals surface area contributed by atoms with Crippen molar-refractivity contribution in [1.82, 2.24) is 0 Å². The Labute approximate surface area is 853 Å². The molecule has 0 spiro atoms. The molecule has 0 saturated carbocycles. The maximum absolute atomic E-state index is 12.1. The first-order chi connectivity index (χ1) is 67.9. The van der Waals surface area contributed by atoms with E-state index < -0.39 is 369 Å². The third-order valence-corrected chi connectivity index (χ3v) is 46.2. The predicted octanol–water partition coefficient (Wildman–Crippen LogP) is -0.358. The van der Waals surface area contributed by atoms with Gasteiger partial charge in [-0.2, -0.15) is 67.3 Å². The summed E-state index contributed by atoms with van der Waals surface area (Å²) in [7, 11) is -29.2. The second kappa shape index (κ2) is 36.3. The number of ether oxygens (including phenoxy) is 16. The van der Waals surface area contributed by atoms with Gasteiger partial charge in [0.1, 0.15) is 155 Å². The third-order valence-electron chi connectivity index (χ3n) is 32.2. The molecule has 24 aliphatic rings. The second-order valence-electron chi connectivity index (χ2n) is 42.8. The van der Waals surface area contributed by atoms with Gasteiger partial charge in [0.05, 0.1) is 31.5 Å². The van der Waals surface area contributed by atoms with Gasteiger partial charge in [-0.1, -0.05) is 59.6 Å². The van der Waals surface area contributed by atoms with Gasteiger partial charge >= 0.3 is 47.8 Å². The van der Waals surface area contributed by atoms with Crippen molar-refractivity contribution in [2.75, 3.05) is 13.2 Å². The number of aliphatic hydroxyl groups excluding tert-OH is 2. The highest BCUT2D eigenvalue weighted by molar-refractivity contribution is 7.89. The van der Waals surface area contributed by atoms with Crippen molar-refractivity contribution in [2.45, 2.75) is 389 Å². The van der Waals surface area contributed by atoms with Crippen LogP contribution in [0.4, 0.5) is 0 Å². The highest BCUT2D eigenvalue weighted by Gasteiger charge is 2.86. The van der Waals surface area contributed by atoms with Crippen LogP contribution in [0, 0.1) is 5.92 Å². The second-order valence-corrected chi connectivity index (χ2v) is 56.9. The molecule has 50 nitrogen and oxygen atoms in total. The summed E-state index contributed by atoms with van der Waals surface area (Å²) < 4.78 is 317. The average molecular weight is 2250 g/mol. The number of hydrogen-bond donors (Lipinski definition) is 2. The Morgan fingerprint density at radius 2 is 0.811 bits per heavy atom. The molecular weight excluding hydrogens is 2140 g/mol. The lowest BCUT2D eigenvalue weighted by atomic mass is 9.67. The Morgan fingerprint density at radius 3 is 1.38 bits per heavy atom. The Hall–Kier alpha value is -7.44. The average Bonchev–Trinajstić information content (AvgIpc) is 1.48. The molecule has 2 N–H and O–H groups in total. The van der Waals surface area contributed by atoms with E-state index in [-0.39, 0.29) is 69.4 Å². The van der Waals surface area contributed by atoms with Gasteiger partial charge in [-0.3, -0.25) is 33.5 Å². The lowest BCUT2D eigenvalue weighted by Gasteiger charge is -2.45. The molecular formula is C90H116O50S8. The summed E-state index contributed by atoms with van der Waals surface area (Å²) in [6.07, 6.45) is -12.8. The Morgan fingerprint density at radius 1 is 0.338 bits per heavy atom. The molecule has 0 aromatic heterocycles. The largest absolute Gasteiger partial charge is 0.453 e. The van der Waals surface area contributed by atoms with E-state index in [1.54, 1.807) is 62.3 Å². The number of carbonyl (C=O) groups is 8. The van der Waals surface area contributed by atoms with Crippen LogP contribution in [0.2, 0.25) is 0 Å². The van der Waals surface area contributed by atoms with Gasteiger partial charge in [0.25, 0.3) is 80.9 Å². The highest BCUT2D eigenvalue weighted by atomic mass is 32.3. The predicted molar refractivity (Wildman–Crippen MR) is 493 cm³/mol.